The molecule has 0 spiro atoms. The van der Waals surface area contributed by atoms with Crippen LogP contribution >= 0.6 is 0 Å². The highest BCUT2D eigenvalue weighted by atomic mass is 16.5. The van der Waals surface area contributed by atoms with Crippen LogP contribution in [0.1, 0.15) is 29.7 Å². The highest BCUT2D eigenvalue weighted by Gasteiger charge is 2.23. The topological polar surface area (TPSA) is 75.5 Å². The van der Waals surface area contributed by atoms with Crippen molar-refractivity contribution in [2.45, 2.75) is 25.3 Å². The van der Waals surface area contributed by atoms with Crippen molar-refractivity contribution in [1.82, 2.24) is 24.5 Å². The van der Waals surface area contributed by atoms with Gasteiger partial charge in [0.05, 0.1) is 11.9 Å². The van der Waals surface area contributed by atoms with E-state index >= 15 is 0 Å². The molecule has 1 N–H and O–H groups in total. The monoisotopic (exact) mass is 363 g/mol. The van der Waals surface area contributed by atoms with Crippen LogP contribution < -0.4 is 10.3 Å². The second-order valence-corrected chi connectivity index (χ2v) is 7.20. The summed E-state index contributed by atoms with van der Waals surface area (Å²) in [5.41, 5.74) is 4.28. The van der Waals surface area contributed by atoms with E-state index in [2.05, 4.69) is 45.2 Å². The Morgan fingerprint density at radius 1 is 1.33 bits per heavy atom. The average Bonchev–Trinajstić information content (AvgIpc) is 3.38. The molecule has 0 amide bonds. The lowest BCUT2D eigenvalue weighted by molar-refractivity contribution is 0.185. The fourth-order valence-electron chi connectivity index (χ4n) is 4.01. The Bertz CT molecular complexity index is 1100. The summed E-state index contributed by atoms with van der Waals surface area (Å²) in [6.07, 6.45) is 7.01. The third-order valence-electron chi connectivity index (χ3n) is 5.55. The Hall–Kier alpha value is -2.93. The summed E-state index contributed by atoms with van der Waals surface area (Å²) in [6.45, 7) is 1.59. The number of imidazole rings is 1. The normalized spacial score (nSPS) is 19.4. The molecule has 3 heterocycles. The molecule has 27 heavy (non-hydrogen) atoms. The van der Waals surface area contributed by atoms with Gasteiger partial charge in [-0.3, -0.25) is 9.78 Å². The number of nitrogens with one attached hydrogen (secondary N) is 1. The highest BCUT2D eigenvalue weighted by Crippen LogP contribution is 2.32. The molecule has 7 nitrogen and oxygen atoms in total. The molecule has 1 aliphatic heterocycles. The summed E-state index contributed by atoms with van der Waals surface area (Å²) in [5.74, 6) is 0. The van der Waals surface area contributed by atoms with Crippen LogP contribution in [0.5, 0.6) is 6.01 Å². The second kappa shape index (κ2) is 6.35. The number of allylic oxidation sites excluding steroid dienone is 1. The van der Waals surface area contributed by atoms with E-state index in [9.17, 15) is 4.79 Å². The maximum atomic E-state index is 12.4. The van der Waals surface area contributed by atoms with Crippen LogP contribution in [-0.4, -0.2) is 50.7 Å². The van der Waals surface area contributed by atoms with Gasteiger partial charge in [-0.15, -0.1) is 5.10 Å². The predicted molar refractivity (Wildman–Crippen MR) is 102 cm³/mol. The molecule has 1 aromatic carbocycles. The molecule has 2 aromatic heterocycles. The minimum absolute atomic E-state index is 0.235. The number of aromatic amines is 1. The number of hydrogen-bond donors (Lipinski definition) is 1. The van der Waals surface area contributed by atoms with Gasteiger partial charge in [-0.1, -0.05) is 30.3 Å². The third-order valence-corrected chi connectivity index (χ3v) is 5.55. The van der Waals surface area contributed by atoms with E-state index in [1.807, 2.05) is 12.1 Å². The molecule has 2 aliphatic rings. The van der Waals surface area contributed by atoms with Crippen molar-refractivity contribution in [2.75, 3.05) is 20.2 Å². The van der Waals surface area contributed by atoms with E-state index in [1.54, 1.807) is 10.7 Å². The fraction of sp³-hybridized carbons (Fsp3) is 0.350. The van der Waals surface area contributed by atoms with Crippen molar-refractivity contribution in [1.29, 1.82) is 0 Å². The molecule has 1 atom stereocenters. The zero-order chi connectivity index (χ0) is 18.4. The van der Waals surface area contributed by atoms with Gasteiger partial charge >= 0.3 is 6.01 Å². The summed E-state index contributed by atoms with van der Waals surface area (Å²) in [6, 6.07) is 8.87. The molecule has 0 radical (unpaired) electrons. The first kappa shape index (κ1) is 16.3. The summed E-state index contributed by atoms with van der Waals surface area (Å²) in [5, 5.41) is 4.52. The van der Waals surface area contributed by atoms with Crippen LogP contribution in [0.25, 0.3) is 11.2 Å². The quantitative estimate of drug-likeness (QED) is 0.766. The van der Waals surface area contributed by atoms with Crippen LogP contribution in [0.2, 0.25) is 0 Å². The lowest BCUT2D eigenvalue weighted by Crippen LogP contribution is -2.31. The van der Waals surface area contributed by atoms with E-state index in [-0.39, 0.29) is 17.2 Å². The minimum atomic E-state index is -0.294. The van der Waals surface area contributed by atoms with Gasteiger partial charge in [-0.2, -0.15) is 0 Å². The number of likely N-dealkylation sites (tertiary alicyclic amines) is 1. The molecule has 5 rings (SSSR count). The molecule has 0 saturated carbocycles. The number of benzene rings is 1. The van der Waals surface area contributed by atoms with E-state index < -0.39 is 0 Å². The first-order valence-electron chi connectivity index (χ1n) is 9.30. The van der Waals surface area contributed by atoms with Crippen molar-refractivity contribution < 1.29 is 4.74 Å². The number of H-pyrrole nitrogens is 1. The standard InChI is InChI=1S/C20H21N5O2/c1-24-10-4-6-14(24)12-27-20-22-19(26)18-21-11-17(25(18)23-20)16-9-8-13-5-2-3-7-15(13)16/h2-3,5,7,9,11,14H,4,6,8,10,12H2,1H3,(H,22,23,26). The highest BCUT2D eigenvalue weighted by molar-refractivity contribution is 5.83. The summed E-state index contributed by atoms with van der Waals surface area (Å²) >= 11 is 0. The summed E-state index contributed by atoms with van der Waals surface area (Å²) in [7, 11) is 2.10. The molecule has 7 heteroatoms. The Morgan fingerprint density at radius 2 is 2.22 bits per heavy atom. The summed E-state index contributed by atoms with van der Waals surface area (Å²) < 4.78 is 7.43. The van der Waals surface area contributed by atoms with Gasteiger partial charge in [0.25, 0.3) is 5.56 Å². The Morgan fingerprint density at radius 3 is 3.07 bits per heavy atom. The smallest absolute Gasteiger partial charge is 0.314 e. The van der Waals surface area contributed by atoms with Gasteiger partial charge in [-0.05, 0) is 44.0 Å². The number of likely N-dealkylation sites (N-methyl/N-ethyl adjacent to an activating group) is 1. The Balaban J connectivity index is 1.50. The predicted octanol–water partition coefficient (Wildman–Crippen LogP) is 1.88. The van der Waals surface area contributed by atoms with Gasteiger partial charge < -0.3 is 9.64 Å². The second-order valence-electron chi connectivity index (χ2n) is 7.20. The van der Waals surface area contributed by atoms with Crippen LogP contribution in [0.3, 0.4) is 0 Å². The lowest BCUT2D eigenvalue weighted by atomic mass is 10.0. The largest absolute Gasteiger partial charge is 0.462 e. The molecule has 3 aromatic rings. The Labute approximate surface area is 156 Å². The Kier molecular flexibility index (Phi) is 3.82. The molecule has 1 fully saturated rings. The van der Waals surface area contributed by atoms with E-state index in [0.717, 1.165) is 36.2 Å². The number of hydrogen-bond acceptors (Lipinski definition) is 5. The molecule has 138 valence electrons. The van der Waals surface area contributed by atoms with Gasteiger partial charge in [0, 0.05) is 11.6 Å². The molecule has 1 saturated heterocycles. The van der Waals surface area contributed by atoms with E-state index in [1.165, 1.54) is 12.0 Å². The molecule has 1 unspecified atom stereocenters. The molecular weight excluding hydrogens is 342 g/mol. The van der Waals surface area contributed by atoms with Crippen molar-refractivity contribution >= 4 is 11.2 Å². The fourth-order valence-corrected chi connectivity index (χ4v) is 4.01. The van der Waals surface area contributed by atoms with Gasteiger partial charge in [0.15, 0.2) is 0 Å². The van der Waals surface area contributed by atoms with Crippen LogP contribution in [0.4, 0.5) is 0 Å². The van der Waals surface area contributed by atoms with Gasteiger partial charge in [-0.25, -0.2) is 9.50 Å². The zero-order valence-corrected chi connectivity index (χ0v) is 15.2. The van der Waals surface area contributed by atoms with Crippen molar-refractivity contribution in [3.63, 3.8) is 0 Å². The van der Waals surface area contributed by atoms with Crippen LogP contribution in [-0.2, 0) is 6.42 Å². The average molecular weight is 363 g/mol. The summed E-state index contributed by atoms with van der Waals surface area (Å²) in [4.78, 5) is 21.7. The first-order valence-corrected chi connectivity index (χ1v) is 9.30. The van der Waals surface area contributed by atoms with E-state index in [4.69, 9.17) is 4.74 Å². The van der Waals surface area contributed by atoms with Crippen LogP contribution in [0, 0.1) is 0 Å². The number of nitrogens with zero attached hydrogens (tertiary/aromatic N) is 4. The SMILES string of the molecule is CN1CCCC1COc1nn2c(C3=CCc4ccccc43)cnc2c(=O)[nH]1. The number of aromatic nitrogens is 4. The van der Waals surface area contributed by atoms with Crippen molar-refractivity contribution in [3.05, 3.63) is 63.7 Å². The first-order chi connectivity index (χ1) is 13.2. The zero-order valence-electron chi connectivity index (χ0n) is 15.2. The maximum Gasteiger partial charge on any atom is 0.314 e. The van der Waals surface area contributed by atoms with Gasteiger partial charge in [0.2, 0.25) is 5.65 Å². The minimum Gasteiger partial charge on any atom is -0.462 e. The maximum absolute atomic E-state index is 12.4. The third kappa shape index (κ3) is 2.75. The number of rotatable bonds is 4. The van der Waals surface area contributed by atoms with Crippen molar-refractivity contribution in [2.24, 2.45) is 0 Å². The molecule has 1 aliphatic carbocycles. The number of fused-ring (bicyclic) bond motifs is 2. The number of ether oxygens (including phenoxy) is 1. The van der Waals surface area contributed by atoms with Gasteiger partial charge in [0.1, 0.15) is 6.61 Å². The molecule has 0 bridgehead atoms. The van der Waals surface area contributed by atoms with E-state index in [0.29, 0.717) is 12.6 Å². The lowest BCUT2D eigenvalue weighted by Gasteiger charge is -2.18. The molecular formula is C20H21N5O2. The van der Waals surface area contributed by atoms with Crippen LogP contribution in [0.15, 0.2) is 41.3 Å². The van der Waals surface area contributed by atoms with Crippen molar-refractivity contribution in [3.8, 4) is 6.01 Å².